The monoisotopic (exact) mass is 445 g/mol. The molecule has 0 bridgehead atoms. The van der Waals surface area contributed by atoms with Gasteiger partial charge in [0.05, 0.1) is 23.6 Å². The van der Waals surface area contributed by atoms with E-state index in [2.05, 4.69) is 10.0 Å². The minimum absolute atomic E-state index is 0.0376. The van der Waals surface area contributed by atoms with Crippen molar-refractivity contribution in [3.63, 3.8) is 0 Å². The summed E-state index contributed by atoms with van der Waals surface area (Å²) < 4.78 is 45.6. The molecule has 1 heterocycles. The first-order valence-corrected chi connectivity index (χ1v) is 11.1. The second-order valence-corrected chi connectivity index (χ2v) is 8.91. The first-order valence-electron chi connectivity index (χ1n) is 9.58. The van der Waals surface area contributed by atoms with E-state index in [1.807, 2.05) is 25.1 Å². The molecule has 1 aromatic heterocycles. The zero-order valence-corrected chi connectivity index (χ0v) is 18.0. The summed E-state index contributed by atoms with van der Waals surface area (Å²) >= 11 is 0. The normalized spacial score (nSPS) is 12.5. The lowest BCUT2D eigenvalue weighted by Gasteiger charge is -2.22. The Labute approximate surface area is 180 Å². The fourth-order valence-electron chi connectivity index (χ4n) is 3.00. The molecule has 1 atom stereocenters. The van der Waals surface area contributed by atoms with E-state index >= 15 is 0 Å². The number of nitrogens with zero attached hydrogens (tertiary/aromatic N) is 1. The Morgan fingerprint density at radius 1 is 1.06 bits per heavy atom. The predicted molar refractivity (Wildman–Crippen MR) is 116 cm³/mol. The van der Waals surface area contributed by atoms with Gasteiger partial charge in [0.25, 0.3) is 10.0 Å². The van der Waals surface area contributed by atoms with Crippen LogP contribution in [-0.4, -0.2) is 39.9 Å². The maximum atomic E-state index is 13.0. The van der Waals surface area contributed by atoms with Crippen LogP contribution in [0, 0.1) is 5.82 Å². The highest BCUT2D eigenvalue weighted by Gasteiger charge is 2.18. The van der Waals surface area contributed by atoms with Crippen LogP contribution in [0.15, 0.2) is 76.2 Å². The number of amides is 1. The minimum Gasteiger partial charge on any atom is -0.468 e. The Morgan fingerprint density at radius 2 is 1.74 bits per heavy atom. The molecule has 2 N–H and O–H groups in total. The average Bonchev–Trinajstić information content (AvgIpc) is 3.24. The first-order chi connectivity index (χ1) is 14.7. The lowest BCUT2D eigenvalue weighted by Crippen LogP contribution is -2.35. The number of halogens is 1. The van der Waals surface area contributed by atoms with Gasteiger partial charge in [-0.05, 0) is 68.2 Å². The van der Waals surface area contributed by atoms with E-state index in [0.29, 0.717) is 12.2 Å². The fraction of sp³-hybridized carbons (Fsp3) is 0.227. The Morgan fingerprint density at radius 3 is 2.32 bits per heavy atom. The molecule has 31 heavy (non-hydrogen) atoms. The molecule has 0 aliphatic heterocycles. The van der Waals surface area contributed by atoms with Crippen molar-refractivity contribution < 1.29 is 22.0 Å². The standard InChI is InChI=1S/C22H24FN3O4S/c1-26(2)20(21-4-3-13-30-21)15-24-22(27)14-16-5-9-18(10-6-16)25-31(28,29)19-11-7-17(23)8-12-19/h3-13,20,25H,14-15H2,1-2H3,(H,24,27). The number of benzene rings is 2. The number of hydrogen-bond donors (Lipinski definition) is 2. The SMILES string of the molecule is CN(C)C(CNC(=O)Cc1ccc(NS(=O)(=O)c2ccc(F)cc2)cc1)c1ccco1. The van der Waals surface area contributed by atoms with Crippen molar-refractivity contribution in [1.82, 2.24) is 10.2 Å². The largest absolute Gasteiger partial charge is 0.468 e. The van der Waals surface area contributed by atoms with Gasteiger partial charge in [-0.25, -0.2) is 12.8 Å². The number of hydrogen-bond acceptors (Lipinski definition) is 5. The Balaban J connectivity index is 1.56. The van der Waals surface area contributed by atoms with Gasteiger partial charge in [0.1, 0.15) is 11.6 Å². The molecule has 2 aromatic carbocycles. The number of sulfonamides is 1. The topological polar surface area (TPSA) is 91.7 Å². The second kappa shape index (κ2) is 9.76. The van der Waals surface area contributed by atoms with Crippen LogP contribution in [0.4, 0.5) is 10.1 Å². The van der Waals surface area contributed by atoms with E-state index < -0.39 is 15.8 Å². The molecule has 1 amide bonds. The van der Waals surface area contributed by atoms with E-state index in [-0.39, 0.29) is 23.3 Å². The summed E-state index contributed by atoms with van der Waals surface area (Å²) in [5.41, 5.74) is 1.08. The van der Waals surface area contributed by atoms with Crippen LogP contribution in [-0.2, 0) is 21.2 Å². The van der Waals surface area contributed by atoms with Crippen molar-refractivity contribution in [2.24, 2.45) is 0 Å². The van der Waals surface area contributed by atoms with E-state index in [4.69, 9.17) is 4.42 Å². The van der Waals surface area contributed by atoms with Gasteiger partial charge >= 0.3 is 0 Å². The Kier molecular flexibility index (Phi) is 7.09. The minimum atomic E-state index is -3.82. The molecule has 3 aromatic rings. The van der Waals surface area contributed by atoms with Crippen LogP contribution in [0.5, 0.6) is 0 Å². The van der Waals surface area contributed by atoms with E-state index in [9.17, 15) is 17.6 Å². The van der Waals surface area contributed by atoms with E-state index in [1.54, 1.807) is 36.6 Å². The highest BCUT2D eigenvalue weighted by molar-refractivity contribution is 7.92. The van der Waals surface area contributed by atoms with Crippen molar-refractivity contribution >= 4 is 21.6 Å². The van der Waals surface area contributed by atoms with Gasteiger partial charge in [-0.15, -0.1) is 0 Å². The van der Waals surface area contributed by atoms with Crippen molar-refractivity contribution in [2.45, 2.75) is 17.4 Å². The molecule has 7 nitrogen and oxygen atoms in total. The molecule has 0 spiro atoms. The van der Waals surface area contributed by atoms with Crippen LogP contribution in [0.2, 0.25) is 0 Å². The average molecular weight is 446 g/mol. The van der Waals surface area contributed by atoms with Crippen molar-refractivity contribution in [3.8, 4) is 0 Å². The van der Waals surface area contributed by atoms with Gasteiger partial charge < -0.3 is 9.73 Å². The lowest BCUT2D eigenvalue weighted by molar-refractivity contribution is -0.120. The Bertz CT molecular complexity index is 1100. The van der Waals surface area contributed by atoms with Gasteiger partial charge in [-0.1, -0.05) is 12.1 Å². The molecule has 0 aliphatic rings. The molecule has 0 radical (unpaired) electrons. The number of nitrogens with one attached hydrogen (secondary N) is 2. The van der Waals surface area contributed by atoms with Crippen molar-refractivity contribution in [1.29, 1.82) is 0 Å². The predicted octanol–water partition coefficient (Wildman–Crippen LogP) is 3.18. The number of furan rings is 1. The summed E-state index contributed by atoms with van der Waals surface area (Å²) in [6, 6.07) is 14.7. The third kappa shape index (κ3) is 6.16. The smallest absolute Gasteiger partial charge is 0.261 e. The molecule has 0 fully saturated rings. The van der Waals surface area contributed by atoms with Crippen LogP contribution < -0.4 is 10.0 Å². The maximum Gasteiger partial charge on any atom is 0.261 e. The van der Waals surface area contributed by atoms with E-state index in [0.717, 1.165) is 23.5 Å². The van der Waals surface area contributed by atoms with Gasteiger partial charge in [-0.2, -0.15) is 0 Å². The lowest BCUT2D eigenvalue weighted by atomic mass is 10.1. The van der Waals surface area contributed by atoms with E-state index in [1.165, 1.54) is 12.1 Å². The first kappa shape index (κ1) is 22.5. The number of anilines is 1. The zero-order valence-electron chi connectivity index (χ0n) is 17.2. The van der Waals surface area contributed by atoms with Gasteiger partial charge in [0.15, 0.2) is 0 Å². The molecule has 0 saturated heterocycles. The van der Waals surface area contributed by atoms with Gasteiger partial charge in [0.2, 0.25) is 5.91 Å². The number of rotatable bonds is 9. The van der Waals surface area contributed by atoms with Crippen LogP contribution in [0.25, 0.3) is 0 Å². The molecule has 0 aliphatic carbocycles. The quantitative estimate of drug-likeness (QED) is 0.528. The summed E-state index contributed by atoms with van der Waals surface area (Å²) in [7, 11) is -0.00776. The summed E-state index contributed by atoms with van der Waals surface area (Å²) in [5.74, 6) is 0.101. The summed E-state index contributed by atoms with van der Waals surface area (Å²) in [5, 5.41) is 2.90. The third-order valence-corrected chi connectivity index (χ3v) is 6.08. The maximum absolute atomic E-state index is 13.0. The Hall–Kier alpha value is -3.17. The van der Waals surface area contributed by atoms with Crippen molar-refractivity contribution in [3.05, 3.63) is 84.1 Å². The fourth-order valence-corrected chi connectivity index (χ4v) is 4.05. The second-order valence-electron chi connectivity index (χ2n) is 7.23. The van der Waals surface area contributed by atoms with Crippen LogP contribution in [0.3, 0.4) is 0 Å². The van der Waals surface area contributed by atoms with Gasteiger partial charge in [0, 0.05) is 12.2 Å². The number of likely N-dealkylation sites (N-methyl/N-ethyl adjacent to an activating group) is 1. The van der Waals surface area contributed by atoms with Crippen molar-refractivity contribution in [2.75, 3.05) is 25.4 Å². The van der Waals surface area contributed by atoms with Crippen LogP contribution >= 0.6 is 0 Å². The van der Waals surface area contributed by atoms with Gasteiger partial charge in [-0.3, -0.25) is 14.4 Å². The molecule has 0 saturated carbocycles. The van der Waals surface area contributed by atoms with Crippen LogP contribution in [0.1, 0.15) is 17.4 Å². The highest BCUT2D eigenvalue weighted by Crippen LogP contribution is 2.19. The molecule has 9 heteroatoms. The third-order valence-electron chi connectivity index (χ3n) is 4.68. The molecule has 3 rings (SSSR count). The number of carbonyl (C=O) groups excluding carboxylic acids is 1. The molecular weight excluding hydrogens is 421 g/mol. The molecular formula is C22H24FN3O4S. The molecule has 164 valence electrons. The highest BCUT2D eigenvalue weighted by atomic mass is 32.2. The summed E-state index contributed by atoms with van der Waals surface area (Å²) in [4.78, 5) is 14.3. The number of carbonyl (C=O) groups is 1. The summed E-state index contributed by atoms with van der Waals surface area (Å²) in [6.07, 6.45) is 1.75. The molecule has 1 unspecified atom stereocenters. The zero-order chi connectivity index (χ0) is 22.4. The summed E-state index contributed by atoms with van der Waals surface area (Å²) in [6.45, 7) is 0.398.